The first-order valence-corrected chi connectivity index (χ1v) is 4.17. The number of pyridine rings is 1. The van der Waals surface area contributed by atoms with E-state index >= 15 is 0 Å². The number of anilines is 1. The van der Waals surface area contributed by atoms with Crippen LogP contribution in [0.2, 0.25) is 0 Å². The van der Waals surface area contributed by atoms with Gasteiger partial charge in [-0.3, -0.25) is 4.98 Å². The predicted octanol–water partition coefficient (Wildman–Crippen LogP) is 1.24. The Kier molecular flexibility index (Phi) is 1.73. The molecule has 0 radical (unpaired) electrons. The summed E-state index contributed by atoms with van der Waals surface area (Å²) >= 11 is 0. The molecule has 2 rings (SSSR count). The zero-order valence-electron chi connectivity index (χ0n) is 7.04. The van der Waals surface area contributed by atoms with Crippen molar-refractivity contribution in [1.29, 1.82) is 0 Å². The molecule has 0 saturated carbocycles. The lowest BCUT2D eigenvalue weighted by Crippen LogP contribution is -2.18. The van der Waals surface area contributed by atoms with Crippen LogP contribution in [-0.2, 0) is 0 Å². The van der Waals surface area contributed by atoms with Gasteiger partial charge in [-0.2, -0.15) is 0 Å². The zero-order chi connectivity index (χ0) is 8.55. The van der Waals surface area contributed by atoms with Crippen LogP contribution in [0, 0.1) is 6.92 Å². The second-order valence-corrected chi connectivity index (χ2v) is 3.12. The van der Waals surface area contributed by atoms with E-state index in [1.807, 2.05) is 19.1 Å². The second kappa shape index (κ2) is 2.75. The van der Waals surface area contributed by atoms with E-state index in [0.29, 0.717) is 0 Å². The Hall–Kier alpha value is -1.09. The van der Waals surface area contributed by atoms with Crippen molar-refractivity contribution in [1.82, 2.24) is 4.98 Å². The van der Waals surface area contributed by atoms with E-state index in [1.165, 1.54) is 0 Å². The molecule has 3 heteroatoms. The van der Waals surface area contributed by atoms with Gasteiger partial charge in [-0.1, -0.05) is 0 Å². The molecular formula is C9H12N2O. The quantitative estimate of drug-likeness (QED) is 0.606. The lowest BCUT2D eigenvalue weighted by molar-refractivity contribution is 0.163. The van der Waals surface area contributed by atoms with Gasteiger partial charge in [0.1, 0.15) is 0 Å². The average Bonchev–Trinajstić information content (AvgIpc) is 2.07. The lowest BCUT2D eigenvalue weighted by atomic mass is 10.1. The Balaban J connectivity index is 2.47. The first-order chi connectivity index (χ1) is 5.77. The molecule has 0 fully saturated rings. The molecule has 0 aromatic carbocycles. The monoisotopic (exact) mass is 164 g/mol. The van der Waals surface area contributed by atoms with Crippen LogP contribution < -0.4 is 5.32 Å². The van der Waals surface area contributed by atoms with Crippen molar-refractivity contribution in [3.8, 4) is 0 Å². The molecule has 3 nitrogen and oxygen atoms in total. The molecule has 0 bridgehead atoms. The van der Waals surface area contributed by atoms with Crippen LogP contribution in [0.1, 0.15) is 23.9 Å². The number of aliphatic hydroxyl groups excluding tert-OH is 1. The molecule has 1 atom stereocenters. The largest absolute Gasteiger partial charge is 0.387 e. The summed E-state index contributed by atoms with van der Waals surface area (Å²) in [6, 6.07) is 3.92. The number of rotatable bonds is 0. The Labute approximate surface area is 71.4 Å². The van der Waals surface area contributed by atoms with Crippen LogP contribution in [-0.4, -0.2) is 16.6 Å². The molecule has 1 unspecified atom stereocenters. The number of nitrogens with zero attached hydrogens (tertiary/aromatic N) is 1. The van der Waals surface area contributed by atoms with Crippen molar-refractivity contribution < 1.29 is 5.11 Å². The van der Waals surface area contributed by atoms with Gasteiger partial charge in [0.15, 0.2) is 0 Å². The summed E-state index contributed by atoms with van der Waals surface area (Å²) < 4.78 is 0. The van der Waals surface area contributed by atoms with Crippen molar-refractivity contribution in [2.24, 2.45) is 0 Å². The van der Waals surface area contributed by atoms with Gasteiger partial charge < -0.3 is 10.4 Å². The molecule has 0 saturated heterocycles. The second-order valence-electron chi connectivity index (χ2n) is 3.12. The summed E-state index contributed by atoms with van der Waals surface area (Å²) in [4.78, 5) is 4.28. The molecule has 2 heterocycles. The fraction of sp³-hybridized carbons (Fsp3) is 0.444. The SMILES string of the molecule is Cc1ccc2c(n1)C(O)CCN2. The van der Waals surface area contributed by atoms with Gasteiger partial charge in [0, 0.05) is 12.2 Å². The summed E-state index contributed by atoms with van der Waals surface area (Å²) in [6.07, 6.45) is 0.366. The highest BCUT2D eigenvalue weighted by molar-refractivity contribution is 5.51. The first kappa shape index (κ1) is 7.55. The molecule has 2 N–H and O–H groups in total. The summed E-state index contributed by atoms with van der Waals surface area (Å²) in [7, 11) is 0. The highest BCUT2D eigenvalue weighted by Gasteiger charge is 2.18. The van der Waals surface area contributed by atoms with Crippen molar-refractivity contribution in [2.75, 3.05) is 11.9 Å². The maximum atomic E-state index is 9.58. The normalized spacial score (nSPS) is 21.3. The van der Waals surface area contributed by atoms with Crippen molar-refractivity contribution in [3.05, 3.63) is 23.5 Å². The molecule has 64 valence electrons. The molecule has 1 aliphatic heterocycles. The van der Waals surface area contributed by atoms with Gasteiger partial charge in [0.2, 0.25) is 0 Å². The molecule has 0 amide bonds. The maximum absolute atomic E-state index is 9.58. The molecule has 1 aromatic rings. The van der Waals surface area contributed by atoms with E-state index in [-0.39, 0.29) is 6.10 Å². The minimum Gasteiger partial charge on any atom is -0.387 e. The first-order valence-electron chi connectivity index (χ1n) is 4.17. The van der Waals surface area contributed by atoms with Crippen LogP contribution in [0.5, 0.6) is 0 Å². The number of aryl methyl sites for hydroxylation is 1. The van der Waals surface area contributed by atoms with Crippen LogP contribution in [0.15, 0.2) is 12.1 Å². The van der Waals surface area contributed by atoms with Gasteiger partial charge in [0.05, 0.1) is 17.5 Å². The van der Waals surface area contributed by atoms with Crippen molar-refractivity contribution in [2.45, 2.75) is 19.4 Å². The fourth-order valence-corrected chi connectivity index (χ4v) is 1.46. The third kappa shape index (κ3) is 1.16. The third-order valence-corrected chi connectivity index (χ3v) is 2.11. The zero-order valence-corrected chi connectivity index (χ0v) is 7.04. The number of aromatic nitrogens is 1. The van der Waals surface area contributed by atoms with E-state index in [0.717, 1.165) is 30.0 Å². The highest BCUT2D eigenvalue weighted by atomic mass is 16.3. The van der Waals surface area contributed by atoms with E-state index in [1.54, 1.807) is 0 Å². The Bertz CT molecular complexity index is 299. The average molecular weight is 164 g/mol. The molecule has 12 heavy (non-hydrogen) atoms. The Morgan fingerprint density at radius 3 is 3.25 bits per heavy atom. The van der Waals surface area contributed by atoms with Gasteiger partial charge >= 0.3 is 0 Å². The van der Waals surface area contributed by atoms with Crippen LogP contribution >= 0.6 is 0 Å². The minimum atomic E-state index is -0.388. The summed E-state index contributed by atoms with van der Waals surface area (Å²) in [6.45, 7) is 2.76. The van der Waals surface area contributed by atoms with Gasteiger partial charge in [0.25, 0.3) is 0 Å². The number of aliphatic hydroxyl groups is 1. The van der Waals surface area contributed by atoms with Gasteiger partial charge in [-0.25, -0.2) is 0 Å². The van der Waals surface area contributed by atoms with Crippen LogP contribution in [0.4, 0.5) is 5.69 Å². The standard InChI is InChI=1S/C9H12N2O/c1-6-2-3-7-9(11-6)8(12)4-5-10-7/h2-3,8,10,12H,4-5H2,1H3. The topological polar surface area (TPSA) is 45.2 Å². The Morgan fingerprint density at radius 2 is 2.42 bits per heavy atom. The molecule has 0 aliphatic carbocycles. The van der Waals surface area contributed by atoms with E-state index in [9.17, 15) is 5.11 Å². The van der Waals surface area contributed by atoms with Gasteiger partial charge in [-0.15, -0.1) is 0 Å². The molecule has 1 aliphatic rings. The van der Waals surface area contributed by atoms with Crippen molar-refractivity contribution >= 4 is 5.69 Å². The maximum Gasteiger partial charge on any atom is 0.0997 e. The highest BCUT2D eigenvalue weighted by Crippen LogP contribution is 2.27. The minimum absolute atomic E-state index is 0.388. The van der Waals surface area contributed by atoms with Crippen molar-refractivity contribution in [3.63, 3.8) is 0 Å². The predicted molar refractivity (Wildman–Crippen MR) is 47.0 cm³/mol. The van der Waals surface area contributed by atoms with Crippen LogP contribution in [0.25, 0.3) is 0 Å². The summed E-state index contributed by atoms with van der Waals surface area (Å²) in [5, 5.41) is 12.8. The van der Waals surface area contributed by atoms with Gasteiger partial charge in [-0.05, 0) is 25.5 Å². The molecular weight excluding hydrogens is 152 g/mol. The smallest absolute Gasteiger partial charge is 0.0997 e. The van der Waals surface area contributed by atoms with E-state index in [2.05, 4.69) is 10.3 Å². The molecule has 1 aromatic heterocycles. The Morgan fingerprint density at radius 1 is 1.58 bits per heavy atom. The number of fused-ring (bicyclic) bond motifs is 1. The lowest BCUT2D eigenvalue weighted by Gasteiger charge is -2.21. The van der Waals surface area contributed by atoms with Crippen LogP contribution in [0.3, 0.4) is 0 Å². The summed E-state index contributed by atoms with van der Waals surface area (Å²) in [5.41, 5.74) is 2.72. The number of hydrogen-bond acceptors (Lipinski definition) is 3. The molecule has 0 spiro atoms. The third-order valence-electron chi connectivity index (χ3n) is 2.11. The fourth-order valence-electron chi connectivity index (χ4n) is 1.46. The number of nitrogens with one attached hydrogen (secondary N) is 1. The van der Waals surface area contributed by atoms with E-state index < -0.39 is 0 Å². The summed E-state index contributed by atoms with van der Waals surface area (Å²) in [5.74, 6) is 0. The van der Waals surface area contributed by atoms with E-state index in [4.69, 9.17) is 0 Å². The number of hydrogen-bond donors (Lipinski definition) is 2.